The molecule has 2 heterocycles. The molecule has 2 aromatic rings. The Bertz CT molecular complexity index is 693. The first-order valence-electron chi connectivity index (χ1n) is 7.44. The van der Waals surface area contributed by atoms with Crippen molar-refractivity contribution in [1.82, 2.24) is 9.78 Å². The first kappa shape index (κ1) is 16.0. The van der Waals surface area contributed by atoms with E-state index >= 15 is 0 Å². The Hall–Kier alpha value is -0.880. The molecule has 1 aliphatic heterocycles. The van der Waals surface area contributed by atoms with E-state index < -0.39 is 0 Å². The van der Waals surface area contributed by atoms with Crippen molar-refractivity contribution < 1.29 is 9.84 Å². The predicted octanol–water partition coefficient (Wildman–Crippen LogP) is 4.24. The number of rotatable bonds is 4. The monoisotopic (exact) mass is 384 g/mol. The minimum absolute atomic E-state index is 0.00523. The van der Waals surface area contributed by atoms with Gasteiger partial charge < -0.3 is 9.84 Å². The van der Waals surface area contributed by atoms with Crippen molar-refractivity contribution in [3.63, 3.8) is 0 Å². The molecule has 1 aromatic carbocycles. The van der Waals surface area contributed by atoms with Gasteiger partial charge in [0.15, 0.2) is 6.23 Å². The first-order chi connectivity index (χ1) is 10.7. The van der Waals surface area contributed by atoms with E-state index in [0.717, 1.165) is 46.8 Å². The third kappa shape index (κ3) is 3.08. The molecule has 0 saturated carbocycles. The highest BCUT2D eigenvalue weighted by Gasteiger charge is 2.21. The average molecular weight is 386 g/mol. The van der Waals surface area contributed by atoms with Crippen molar-refractivity contribution in [3.05, 3.63) is 39.5 Å². The van der Waals surface area contributed by atoms with Crippen LogP contribution in [0.25, 0.3) is 10.9 Å². The zero-order valence-corrected chi connectivity index (χ0v) is 14.5. The molecule has 1 fully saturated rings. The maximum Gasteiger partial charge on any atom is 0.150 e. The topological polar surface area (TPSA) is 47.3 Å². The highest BCUT2D eigenvalue weighted by molar-refractivity contribution is 9.10. The van der Waals surface area contributed by atoms with Crippen LogP contribution in [0.5, 0.6) is 0 Å². The molecule has 3 rings (SSSR count). The van der Waals surface area contributed by atoms with Crippen LogP contribution in [0.3, 0.4) is 0 Å². The van der Waals surface area contributed by atoms with Crippen LogP contribution in [0.2, 0.25) is 5.02 Å². The minimum Gasteiger partial charge on any atom is -0.392 e. The lowest BCUT2D eigenvalue weighted by Gasteiger charge is -2.23. The molecule has 0 aliphatic carbocycles. The number of halogens is 2. The molecular weight excluding hydrogens is 368 g/mol. The lowest BCUT2D eigenvalue weighted by atomic mass is 10.1. The van der Waals surface area contributed by atoms with Crippen LogP contribution in [0.1, 0.15) is 31.1 Å². The highest BCUT2D eigenvalue weighted by atomic mass is 79.9. The highest BCUT2D eigenvalue weighted by Crippen LogP contribution is 2.36. The smallest absolute Gasteiger partial charge is 0.150 e. The van der Waals surface area contributed by atoms with Crippen LogP contribution in [0.4, 0.5) is 0 Å². The number of ether oxygens (including phenoxy) is 1. The number of aliphatic hydroxyl groups is 1. The zero-order chi connectivity index (χ0) is 15.5. The molecule has 0 bridgehead atoms. The molecule has 1 aliphatic rings. The molecule has 0 radical (unpaired) electrons. The van der Waals surface area contributed by atoms with Crippen LogP contribution < -0.4 is 0 Å². The Labute approximate surface area is 142 Å². The summed E-state index contributed by atoms with van der Waals surface area (Å²) in [4.78, 5) is 0. The van der Waals surface area contributed by atoms with Crippen LogP contribution in [0.15, 0.2) is 28.9 Å². The number of hydrogen-bond acceptors (Lipinski definition) is 3. The van der Waals surface area contributed by atoms with Gasteiger partial charge >= 0.3 is 0 Å². The number of allylic oxidation sites excluding steroid dienone is 1. The molecule has 0 spiro atoms. The summed E-state index contributed by atoms with van der Waals surface area (Å²) >= 11 is 10.1. The summed E-state index contributed by atoms with van der Waals surface area (Å²) in [6.07, 6.45) is 9.39. The van der Waals surface area contributed by atoms with Gasteiger partial charge in [-0.25, -0.2) is 4.68 Å². The average Bonchev–Trinajstić information content (AvgIpc) is 2.95. The van der Waals surface area contributed by atoms with Crippen LogP contribution in [-0.4, -0.2) is 28.1 Å². The second kappa shape index (κ2) is 7.13. The van der Waals surface area contributed by atoms with E-state index in [9.17, 15) is 0 Å². The molecule has 4 nitrogen and oxygen atoms in total. The second-order valence-electron chi connectivity index (χ2n) is 5.35. The fourth-order valence-electron chi connectivity index (χ4n) is 2.77. The number of aromatic nitrogens is 2. The Kier molecular flexibility index (Phi) is 5.18. The molecule has 6 heteroatoms. The Morgan fingerprint density at radius 1 is 1.45 bits per heavy atom. The molecule has 1 atom stereocenters. The summed E-state index contributed by atoms with van der Waals surface area (Å²) in [7, 11) is 0. The molecular formula is C16H18BrClN2O2. The van der Waals surface area contributed by atoms with Gasteiger partial charge in [0.25, 0.3) is 0 Å². The van der Waals surface area contributed by atoms with Crippen molar-refractivity contribution in [2.24, 2.45) is 0 Å². The summed E-state index contributed by atoms with van der Waals surface area (Å²) < 4.78 is 8.71. The van der Waals surface area contributed by atoms with Gasteiger partial charge in [-0.1, -0.05) is 23.8 Å². The van der Waals surface area contributed by atoms with Gasteiger partial charge in [0.2, 0.25) is 0 Å². The first-order valence-corrected chi connectivity index (χ1v) is 8.61. The van der Waals surface area contributed by atoms with Gasteiger partial charge in [0.05, 0.1) is 18.3 Å². The second-order valence-corrected chi connectivity index (χ2v) is 6.55. The number of nitrogens with zero attached hydrogens (tertiary/aromatic N) is 2. The Balaban J connectivity index is 2.00. The molecule has 1 unspecified atom stereocenters. The van der Waals surface area contributed by atoms with Crippen molar-refractivity contribution in [2.75, 3.05) is 13.2 Å². The predicted molar refractivity (Wildman–Crippen MR) is 91.2 cm³/mol. The van der Waals surface area contributed by atoms with Gasteiger partial charge in [-0.05, 0) is 53.2 Å². The largest absolute Gasteiger partial charge is 0.392 e. The van der Waals surface area contributed by atoms with Gasteiger partial charge in [-0.2, -0.15) is 5.10 Å². The Morgan fingerprint density at radius 3 is 3.05 bits per heavy atom. The van der Waals surface area contributed by atoms with Gasteiger partial charge in [0, 0.05) is 21.5 Å². The number of fused-ring (bicyclic) bond motifs is 1. The van der Waals surface area contributed by atoms with Crippen molar-refractivity contribution in [2.45, 2.75) is 31.9 Å². The van der Waals surface area contributed by atoms with Crippen LogP contribution in [0, 0.1) is 0 Å². The van der Waals surface area contributed by atoms with Gasteiger partial charge in [-0.3, -0.25) is 0 Å². The van der Waals surface area contributed by atoms with Crippen molar-refractivity contribution in [1.29, 1.82) is 0 Å². The van der Waals surface area contributed by atoms with E-state index in [0.29, 0.717) is 11.4 Å². The molecule has 1 saturated heterocycles. The summed E-state index contributed by atoms with van der Waals surface area (Å²) in [6.45, 7) is 0.819. The maximum atomic E-state index is 8.84. The molecule has 0 amide bonds. The van der Waals surface area contributed by atoms with Crippen molar-refractivity contribution in [3.8, 4) is 0 Å². The normalized spacial score (nSPS) is 19.3. The van der Waals surface area contributed by atoms with E-state index in [2.05, 4.69) is 21.0 Å². The van der Waals surface area contributed by atoms with Crippen molar-refractivity contribution >= 4 is 38.4 Å². The standard InChI is InChI=1S/C16H18BrClN2O2/c17-16-11(5-1-3-7-21)13(18)9-14-12(16)10-19-20(14)15-6-2-4-8-22-15/h1,3,9-10,15,21H,2,4-8H2/b3-1+. The van der Waals surface area contributed by atoms with E-state index in [1.54, 1.807) is 6.08 Å². The third-order valence-electron chi connectivity index (χ3n) is 3.91. The SMILES string of the molecule is OC/C=C/Cc1c(Cl)cc2c(cnn2C2CCCCO2)c1Br. The number of hydrogen-bond donors (Lipinski definition) is 1. The fraction of sp³-hybridized carbons (Fsp3) is 0.438. The number of aliphatic hydroxyl groups excluding tert-OH is 1. The third-order valence-corrected chi connectivity index (χ3v) is 5.15. The summed E-state index contributed by atoms with van der Waals surface area (Å²) in [6, 6.07) is 1.95. The number of benzene rings is 1. The molecule has 1 N–H and O–H groups in total. The Morgan fingerprint density at radius 2 is 2.32 bits per heavy atom. The maximum absolute atomic E-state index is 8.84. The van der Waals surface area contributed by atoms with E-state index in [-0.39, 0.29) is 12.8 Å². The minimum atomic E-state index is -0.00523. The summed E-state index contributed by atoms with van der Waals surface area (Å²) in [5.41, 5.74) is 1.99. The van der Waals surface area contributed by atoms with Gasteiger partial charge in [-0.15, -0.1) is 0 Å². The van der Waals surface area contributed by atoms with Gasteiger partial charge in [0.1, 0.15) is 0 Å². The molecule has 118 valence electrons. The van der Waals surface area contributed by atoms with Crippen LogP contribution >= 0.6 is 27.5 Å². The van der Waals surface area contributed by atoms with E-state index in [1.165, 1.54) is 0 Å². The van der Waals surface area contributed by atoms with E-state index in [1.807, 2.05) is 23.0 Å². The quantitative estimate of drug-likeness (QED) is 0.801. The van der Waals surface area contributed by atoms with Crippen LogP contribution in [-0.2, 0) is 11.2 Å². The summed E-state index contributed by atoms with van der Waals surface area (Å²) in [5, 5.41) is 15.1. The molecule has 22 heavy (non-hydrogen) atoms. The molecule has 1 aromatic heterocycles. The fourth-order valence-corrected chi connectivity index (χ4v) is 3.84. The lowest BCUT2D eigenvalue weighted by molar-refractivity contribution is -0.0366. The zero-order valence-electron chi connectivity index (χ0n) is 12.1. The summed E-state index contributed by atoms with van der Waals surface area (Å²) in [5.74, 6) is 0. The lowest BCUT2D eigenvalue weighted by Crippen LogP contribution is -2.18. The van der Waals surface area contributed by atoms with E-state index in [4.69, 9.17) is 21.4 Å².